The highest BCUT2D eigenvalue weighted by Crippen LogP contribution is 2.29. The highest BCUT2D eigenvalue weighted by atomic mass is 35.5. The van der Waals surface area contributed by atoms with Crippen LogP contribution in [0.3, 0.4) is 0 Å². The highest BCUT2D eigenvalue weighted by molar-refractivity contribution is 7.89. The Morgan fingerprint density at radius 3 is 2.52 bits per heavy atom. The fourth-order valence-corrected chi connectivity index (χ4v) is 4.19. The van der Waals surface area contributed by atoms with Gasteiger partial charge in [-0.05, 0) is 42.7 Å². The normalized spacial score (nSPS) is 12.9. The summed E-state index contributed by atoms with van der Waals surface area (Å²) in [6.45, 7) is 3.90. The van der Waals surface area contributed by atoms with Gasteiger partial charge >= 0.3 is 0 Å². The van der Waals surface area contributed by atoms with E-state index in [-0.39, 0.29) is 16.7 Å². The zero-order chi connectivity index (χ0) is 17.0. The Morgan fingerprint density at radius 1 is 1.22 bits per heavy atom. The van der Waals surface area contributed by atoms with Crippen LogP contribution in [0, 0.1) is 6.92 Å². The van der Waals surface area contributed by atoms with Crippen molar-refractivity contribution in [2.45, 2.75) is 31.2 Å². The maximum Gasteiger partial charge on any atom is 0.244 e. The lowest BCUT2D eigenvalue weighted by Gasteiger charge is -2.20. The van der Waals surface area contributed by atoms with Gasteiger partial charge in [-0.2, -0.15) is 0 Å². The minimum atomic E-state index is -3.76. The molecule has 0 unspecified atom stereocenters. The molecule has 2 aromatic carbocycles. The summed E-state index contributed by atoms with van der Waals surface area (Å²) >= 11 is 5.94. The van der Waals surface area contributed by atoms with Gasteiger partial charge in [-0.25, -0.2) is 13.1 Å². The van der Waals surface area contributed by atoms with Crippen molar-refractivity contribution >= 4 is 21.6 Å². The highest BCUT2D eigenvalue weighted by Gasteiger charge is 2.24. The van der Waals surface area contributed by atoms with Gasteiger partial charge in [0, 0.05) is 11.1 Å². The van der Waals surface area contributed by atoms with Crippen LogP contribution in [0.1, 0.15) is 30.5 Å². The van der Waals surface area contributed by atoms with Crippen LogP contribution in [-0.4, -0.2) is 15.5 Å². The first-order valence-corrected chi connectivity index (χ1v) is 9.16. The zero-order valence-electron chi connectivity index (χ0n) is 13.3. The molecule has 0 fully saturated rings. The molecule has 0 bridgehead atoms. The molecule has 1 N–H and O–H groups in total. The number of sulfonamides is 1. The SMILES string of the molecule is CC[C@@H](NS(=O)(=O)c1cc(Cl)ccc1OC)c1ccccc1C. The summed E-state index contributed by atoms with van der Waals surface area (Å²) in [4.78, 5) is 0.0412. The van der Waals surface area contributed by atoms with E-state index in [2.05, 4.69) is 4.72 Å². The number of ether oxygens (including phenoxy) is 1. The predicted molar refractivity (Wildman–Crippen MR) is 92.5 cm³/mol. The molecular formula is C17H20ClNO3S. The summed E-state index contributed by atoms with van der Waals surface area (Å²) in [5.74, 6) is 0.265. The van der Waals surface area contributed by atoms with Crippen LogP contribution in [-0.2, 0) is 10.0 Å². The van der Waals surface area contributed by atoms with Crippen molar-refractivity contribution in [1.29, 1.82) is 0 Å². The second-order valence-electron chi connectivity index (χ2n) is 5.23. The number of benzene rings is 2. The number of hydrogen-bond donors (Lipinski definition) is 1. The zero-order valence-corrected chi connectivity index (χ0v) is 14.9. The van der Waals surface area contributed by atoms with Gasteiger partial charge in [-0.1, -0.05) is 42.8 Å². The molecule has 2 aromatic rings. The van der Waals surface area contributed by atoms with Gasteiger partial charge in [0.15, 0.2) is 0 Å². The maximum absolute atomic E-state index is 12.8. The number of aryl methyl sites for hydroxylation is 1. The number of nitrogens with one attached hydrogen (secondary N) is 1. The fraction of sp³-hybridized carbons (Fsp3) is 0.294. The van der Waals surface area contributed by atoms with Gasteiger partial charge in [0.05, 0.1) is 7.11 Å². The molecule has 4 nitrogen and oxygen atoms in total. The van der Waals surface area contributed by atoms with Crippen LogP contribution in [0.2, 0.25) is 5.02 Å². The minimum Gasteiger partial charge on any atom is -0.495 e. The van der Waals surface area contributed by atoms with Gasteiger partial charge in [-0.3, -0.25) is 0 Å². The van der Waals surface area contributed by atoms with E-state index in [0.29, 0.717) is 11.4 Å². The standard InChI is InChI=1S/C17H20ClNO3S/c1-4-15(14-8-6-5-7-12(14)2)19-23(20,21)17-11-13(18)9-10-16(17)22-3/h5-11,15,19H,4H2,1-3H3/t15-/m1/s1. The molecule has 6 heteroatoms. The summed E-state index contributed by atoms with van der Waals surface area (Å²) in [5, 5.41) is 0.343. The van der Waals surface area contributed by atoms with E-state index in [1.54, 1.807) is 12.1 Å². The molecule has 0 spiro atoms. The van der Waals surface area contributed by atoms with Crippen molar-refractivity contribution in [2.24, 2.45) is 0 Å². The molecule has 0 aliphatic carbocycles. The smallest absolute Gasteiger partial charge is 0.244 e. The van der Waals surface area contributed by atoms with Gasteiger partial charge in [0.25, 0.3) is 0 Å². The molecule has 23 heavy (non-hydrogen) atoms. The third-order valence-electron chi connectivity index (χ3n) is 3.68. The third-order valence-corrected chi connectivity index (χ3v) is 5.41. The Hall–Kier alpha value is -1.56. The lowest BCUT2D eigenvalue weighted by atomic mass is 10.0. The fourth-order valence-electron chi connectivity index (χ4n) is 2.46. The molecular weight excluding hydrogens is 334 g/mol. The quantitative estimate of drug-likeness (QED) is 0.851. The molecule has 0 radical (unpaired) electrons. The molecule has 0 saturated heterocycles. The molecule has 0 aliphatic heterocycles. The summed E-state index contributed by atoms with van der Waals surface area (Å²) in [6, 6.07) is 12.0. The molecule has 0 saturated carbocycles. The van der Waals surface area contributed by atoms with E-state index < -0.39 is 10.0 Å². The number of hydrogen-bond acceptors (Lipinski definition) is 3. The first-order valence-electron chi connectivity index (χ1n) is 7.30. The molecule has 0 amide bonds. The van der Waals surface area contributed by atoms with Gasteiger partial charge in [0.1, 0.15) is 10.6 Å². The van der Waals surface area contributed by atoms with E-state index >= 15 is 0 Å². The molecule has 2 rings (SSSR count). The number of methoxy groups -OCH3 is 1. The average Bonchev–Trinajstić information content (AvgIpc) is 2.53. The van der Waals surface area contributed by atoms with E-state index in [9.17, 15) is 8.42 Å². The van der Waals surface area contributed by atoms with E-state index in [1.807, 2.05) is 38.1 Å². The minimum absolute atomic E-state index is 0.0412. The van der Waals surface area contributed by atoms with Crippen LogP contribution in [0.15, 0.2) is 47.4 Å². The first kappa shape index (κ1) is 17.8. The van der Waals surface area contributed by atoms with E-state index in [4.69, 9.17) is 16.3 Å². The summed E-state index contributed by atoms with van der Waals surface area (Å²) in [6.07, 6.45) is 0.632. The van der Waals surface area contributed by atoms with Crippen molar-refractivity contribution in [2.75, 3.05) is 7.11 Å². The average molecular weight is 354 g/mol. The summed E-state index contributed by atoms with van der Waals surface area (Å²) in [7, 11) is -2.33. The van der Waals surface area contributed by atoms with E-state index in [1.165, 1.54) is 13.2 Å². The summed E-state index contributed by atoms with van der Waals surface area (Å²) in [5.41, 5.74) is 2.00. The molecule has 1 atom stereocenters. The Balaban J connectivity index is 2.41. The second-order valence-corrected chi connectivity index (χ2v) is 7.35. The van der Waals surface area contributed by atoms with Gasteiger partial charge in [0.2, 0.25) is 10.0 Å². The topological polar surface area (TPSA) is 55.4 Å². The maximum atomic E-state index is 12.8. The summed E-state index contributed by atoms with van der Waals surface area (Å²) < 4.78 is 33.4. The molecule has 124 valence electrons. The number of rotatable bonds is 6. The van der Waals surface area contributed by atoms with Crippen LogP contribution in [0.25, 0.3) is 0 Å². The first-order chi connectivity index (χ1) is 10.9. The molecule has 0 aromatic heterocycles. The Morgan fingerprint density at radius 2 is 1.91 bits per heavy atom. The Bertz CT molecular complexity index is 790. The van der Waals surface area contributed by atoms with Gasteiger partial charge in [-0.15, -0.1) is 0 Å². The van der Waals surface area contributed by atoms with E-state index in [0.717, 1.165) is 11.1 Å². The Labute approximate surface area is 142 Å². The number of halogens is 1. The van der Waals surface area contributed by atoms with Crippen LogP contribution >= 0.6 is 11.6 Å². The largest absolute Gasteiger partial charge is 0.495 e. The lowest BCUT2D eigenvalue weighted by Crippen LogP contribution is -2.29. The van der Waals surface area contributed by atoms with Crippen molar-refractivity contribution in [3.8, 4) is 5.75 Å². The molecule has 0 heterocycles. The second kappa shape index (κ2) is 7.34. The van der Waals surface area contributed by atoms with Crippen molar-refractivity contribution in [3.05, 3.63) is 58.6 Å². The lowest BCUT2D eigenvalue weighted by molar-refractivity contribution is 0.402. The van der Waals surface area contributed by atoms with Crippen molar-refractivity contribution in [3.63, 3.8) is 0 Å². The van der Waals surface area contributed by atoms with Crippen LogP contribution < -0.4 is 9.46 Å². The van der Waals surface area contributed by atoms with Gasteiger partial charge < -0.3 is 4.74 Å². The van der Waals surface area contributed by atoms with Crippen molar-refractivity contribution < 1.29 is 13.2 Å². The van der Waals surface area contributed by atoms with Crippen LogP contribution in [0.4, 0.5) is 0 Å². The van der Waals surface area contributed by atoms with Crippen molar-refractivity contribution in [1.82, 2.24) is 4.72 Å². The third kappa shape index (κ3) is 4.05. The predicted octanol–water partition coefficient (Wildman–Crippen LogP) is 4.09. The monoisotopic (exact) mass is 353 g/mol. The Kier molecular flexibility index (Phi) is 5.68. The van der Waals surface area contributed by atoms with Crippen LogP contribution in [0.5, 0.6) is 5.75 Å². The molecule has 0 aliphatic rings.